The van der Waals surface area contributed by atoms with Crippen molar-refractivity contribution >= 4 is 50.5 Å². The van der Waals surface area contributed by atoms with Crippen LogP contribution in [0.1, 0.15) is 6.92 Å². The van der Waals surface area contributed by atoms with E-state index in [2.05, 4.69) is 28.9 Å². The highest BCUT2D eigenvalue weighted by Gasteiger charge is 2.32. The van der Waals surface area contributed by atoms with Crippen LogP contribution in [0.5, 0.6) is 0 Å². The third-order valence-corrected chi connectivity index (χ3v) is 5.89. The highest BCUT2D eigenvalue weighted by Crippen LogP contribution is 2.48. The summed E-state index contributed by atoms with van der Waals surface area (Å²) in [6.07, 6.45) is 0. The number of carbonyl (C=O) groups is 1. The molecule has 19 heavy (non-hydrogen) atoms. The first-order valence-corrected chi connectivity index (χ1v) is 8.51. The number of carbonyl (C=O) groups excluding carboxylic acids is 1. The van der Waals surface area contributed by atoms with E-state index in [4.69, 9.17) is 0 Å². The third-order valence-electron chi connectivity index (χ3n) is 2.78. The standard InChI is InChI=1S/C13H12N2OS3/c1-3-17-13-14-10(12(16)19-13)11-15(2)8-6-4-5-7-9(8)18-11/h4-7H,3H2,1-2H3/b11-10-. The van der Waals surface area contributed by atoms with Gasteiger partial charge >= 0.3 is 0 Å². The fourth-order valence-corrected chi connectivity index (χ4v) is 4.87. The summed E-state index contributed by atoms with van der Waals surface area (Å²) in [6, 6.07) is 8.16. The van der Waals surface area contributed by atoms with Crippen molar-refractivity contribution in [2.24, 2.45) is 4.99 Å². The molecule has 0 fully saturated rings. The van der Waals surface area contributed by atoms with E-state index in [9.17, 15) is 4.79 Å². The minimum atomic E-state index is 0.0538. The van der Waals surface area contributed by atoms with Crippen LogP contribution in [0.4, 0.5) is 5.69 Å². The molecule has 1 aromatic rings. The first-order valence-electron chi connectivity index (χ1n) is 5.89. The van der Waals surface area contributed by atoms with Gasteiger partial charge in [0.1, 0.15) is 9.40 Å². The van der Waals surface area contributed by atoms with E-state index in [0.29, 0.717) is 5.70 Å². The molecule has 0 saturated carbocycles. The predicted octanol–water partition coefficient (Wildman–Crippen LogP) is 3.78. The molecule has 2 heterocycles. The summed E-state index contributed by atoms with van der Waals surface area (Å²) in [5, 5.41) is 0.989. The Kier molecular flexibility index (Phi) is 3.64. The van der Waals surface area contributed by atoms with E-state index < -0.39 is 0 Å². The Bertz CT molecular complexity index is 610. The van der Waals surface area contributed by atoms with Crippen LogP contribution in [-0.2, 0) is 4.79 Å². The van der Waals surface area contributed by atoms with E-state index in [1.807, 2.05) is 19.2 Å². The molecule has 0 N–H and O–H groups in total. The molecule has 1 aromatic carbocycles. The van der Waals surface area contributed by atoms with Gasteiger partial charge < -0.3 is 4.90 Å². The van der Waals surface area contributed by atoms with Crippen molar-refractivity contribution in [3.8, 4) is 0 Å². The van der Waals surface area contributed by atoms with E-state index in [-0.39, 0.29) is 5.12 Å². The lowest BCUT2D eigenvalue weighted by molar-refractivity contribution is -0.107. The molecule has 0 amide bonds. The van der Waals surface area contributed by atoms with Gasteiger partial charge in [0, 0.05) is 11.9 Å². The van der Waals surface area contributed by atoms with Crippen LogP contribution < -0.4 is 4.90 Å². The number of rotatable bonds is 1. The van der Waals surface area contributed by atoms with Gasteiger partial charge in [-0.15, -0.1) is 0 Å². The summed E-state index contributed by atoms with van der Waals surface area (Å²) in [4.78, 5) is 19.8. The molecule has 0 radical (unpaired) electrons. The Balaban J connectivity index is 2.00. The summed E-state index contributed by atoms with van der Waals surface area (Å²) >= 11 is 4.48. The molecule has 0 bridgehead atoms. The topological polar surface area (TPSA) is 32.7 Å². The lowest BCUT2D eigenvalue weighted by Crippen LogP contribution is -2.12. The van der Waals surface area contributed by atoms with Gasteiger partial charge in [-0.1, -0.05) is 42.6 Å². The van der Waals surface area contributed by atoms with Gasteiger partial charge in [0.25, 0.3) is 0 Å². The van der Waals surface area contributed by atoms with Crippen molar-refractivity contribution in [1.29, 1.82) is 0 Å². The molecule has 6 heteroatoms. The van der Waals surface area contributed by atoms with Crippen molar-refractivity contribution in [2.75, 3.05) is 17.7 Å². The fourth-order valence-electron chi connectivity index (χ4n) is 1.92. The Morgan fingerprint density at radius 2 is 2.11 bits per heavy atom. The molecule has 0 unspecified atom stereocenters. The lowest BCUT2D eigenvalue weighted by Gasteiger charge is -2.13. The first kappa shape index (κ1) is 13.1. The number of nitrogens with zero attached hydrogens (tertiary/aromatic N) is 2. The van der Waals surface area contributed by atoms with Crippen molar-refractivity contribution in [1.82, 2.24) is 0 Å². The van der Waals surface area contributed by atoms with Crippen LogP contribution in [0, 0.1) is 0 Å². The number of para-hydroxylation sites is 1. The van der Waals surface area contributed by atoms with E-state index >= 15 is 0 Å². The summed E-state index contributed by atoms with van der Waals surface area (Å²) in [5.74, 6) is 0.935. The average Bonchev–Trinajstić information content (AvgIpc) is 2.92. The van der Waals surface area contributed by atoms with Crippen LogP contribution in [0.2, 0.25) is 0 Å². The molecule has 2 aliphatic heterocycles. The Hall–Kier alpha value is -0.850. The molecule has 0 saturated heterocycles. The van der Waals surface area contributed by atoms with Crippen LogP contribution in [0.25, 0.3) is 0 Å². The molecule has 3 rings (SSSR count). The normalized spacial score (nSPS) is 21.9. The fraction of sp³-hybridized carbons (Fsp3) is 0.231. The second-order valence-corrected chi connectivity index (χ2v) is 7.49. The summed E-state index contributed by atoms with van der Waals surface area (Å²) in [6.45, 7) is 2.07. The molecular weight excluding hydrogens is 296 g/mol. The summed E-state index contributed by atoms with van der Waals surface area (Å²) in [7, 11) is 1.99. The monoisotopic (exact) mass is 308 g/mol. The van der Waals surface area contributed by atoms with Crippen LogP contribution in [0.3, 0.4) is 0 Å². The van der Waals surface area contributed by atoms with E-state index in [1.165, 1.54) is 16.7 Å². The maximum Gasteiger partial charge on any atom is 0.247 e. The van der Waals surface area contributed by atoms with Crippen LogP contribution in [0.15, 0.2) is 44.9 Å². The van der Waals surface area contributed by atoms with Crippen molar-refractivity contribution < 1.29 is 4.79 Å². The minimum Gasteiger partial charge on any atom is -0.336 e. The number of anilines is 1. The average molecular weight is 308 g/mol. The summed E-state index contributed by atoms with van der Waals surface area (Å²) in [5.41, 5.74) is 1.73. The number of fused-ring (bicyclic) bond motifs is 1. The number of benzene rings is 1. The predicted molar refractivity (Wildman–Crippen MR) is 85.9 cm³/mol. The highest BCUT2D eigenvalue weighted by atomic mass is 32.2. The van der Waals surface area contributed by atoms with Crippen LogP contribution >= 0.6 is 35.3 Å². The first-order chi connectivity index (χ1) is 9.20. The zero-order valence-electron chi connectivity index (χ0n) is 10.5. The molecule has 98 valence electrons. The van der Waals surface area contributed by atoms with Gasteiger partial charge in [0.2, 0.25) is 5.12 Å². The van der Waals surface area contributed by atoms with Gasteiger partial charge in [-0.05, 0) is 29.6 Å². The van der Waals surface area contributed by atoms with Crippen LogP contribution in [-0.4, -0.2) is 22.3 Å². The van der Waals surface area contributed by atoms with Gasteiger partial charge in [-0.2, -0.15) is 0 Å². The van der Waals surface area contributed by atoms with E-state index in [1.54, 1.807) is 23.5 Å². The van der Waals surface area contributed by atoms with Gasteiger partial charge in [-0.3, -0.25) is 4.79 Å². The van der Waals surface area contributed by atoms with Gasteiger partial charge in [0.05, 0.1) is 5.69 Å². The maximum absolute atomic E-state index is 12.1. The number of aliphatic imine (C=N–C) groups is 1. The third kappa shape index (κ3) is 2.32. The molecule has 3 nitrogen and oxygen atoms in total. The minimum absolute atomic E-state index is 0.0538. The van der Waals surface area contributed by atoms with Gasteiger partial charge in [0.15, 0.2) is 5.70 Å². The van der Waals surface area contributed by atoms with Crippen molar-refractivity contribution in [3.63, 3.8) is 0 Å². The largest absolute Gasteiger partial charge is 0.336 e. The molecule has 2 aliphatic rings. The number of hydrogen-bond acceptors (Lipinski definition) is 6. The smallest absolute Gasteiger partial charge is 0.247 e. The molecule has 0 spiro atoms. The van der Waals surface area contributed by atoms with Crippen molar-refractivity contribution in [2.45, 2.75) is 11.8 Å². The Morgan fingerprint density at radius 1 is 1.32 bits per heavy atom. The lowest BCUT2D eigenvalue weighted by atomic mass is 10.3. The highest BCUT2D eigenvalue weighted by molar-refractivity contribution is 8.45. The van der Waals surface area contributed by atoms with Crippen molar-refractivity contribution in [3.05, 3.63) is 35.0 Å². The number of thioether (sulfide) groups is 3. The second-order valence-electron chi connectivity index (χ2n) is 3.98. The zero-order chi connectivity index (χ0) is 13.4. The molecule has 0 aromatic heterocycles. The Morgan fingerprint density at radius 3 is 2.84 bits per heavy atom. The second kappa shape index (κ2) is 5.26. The van der Waals surface area contributed by atoms with E-state index in [0.717, 1.165) is 20.8 Å². The quantitative estimate of drug-likeness (QED) is 0.737. The maximum atomic E-state index is 12.1. The Labute approximate surface area is 124 Å². The zero-order valence-corrected chi connectivity index (χ0v) is 13.0. The van der Waals surface area contributed by atoms with Gasteiger partial charge in [-0.25, -0.2) is 4.99 Å². The number of hydrogen-bond donors (Lipinski definition) is 0. The summed E-state index contributed by atoms with van der Waals surface area (Å²) < 4.78 is 0.861. The SMILES string of the molecule is CCSC1=N/C(=C2\Sc3ccccc3N2C)C(=O)S1. The molecule has 0 atom stereocenters. The molecule has 0 aliphatic carbocycles. The molecular formula is C13H12N2OS3.